The van der Waals surface area contributed by atoms with Crippen LogP contribution in [-0.4, -0.2) is 15.8 Å². The number of carbonyl (C=O) groups is 1. The number of Topliss-reactive ketones (excluding diaryl/α,β-unsaturated/α-hetero) is 1. The van der Waals surface area contributed by atoms with E-state index in [4.69, 9.17) is 0 Å². The second kappa shape index (κ2) is 8.35. The van der Waals surface area contributed by atoms with Gasteiger partial charge in [-0.3, -0.25) is 4.79 Å². The zero-order chi connectivity index (χ0) is 20.1. The van der Waals surface area contributed by atoms with Gasteiger partial charge in [0, 0.05) is 28.6 Å². The van der Waals surface area contributed by atoms with Crippen molar-refractivity contribution in [3.63, 3.8) is 0 Å². The van der Waals surface area contributed by atoms with Crippen molar-refractivity contribution in [1.82, 2.24) is 9.97 Å². The van der Waals surface area contributed by atoms with Crippen molar-refractivity contribution in [3.8, 4) is 11.3 Å². The Balaban J connectivity index is 1.71. The zero-order valence-corrected chi connectivity index (χ0v) is 16.0. The van der Waals surface area contributed by atoms with E-state index in [-0.39, 0.29) is 5.78 Å². The third kappa shape index (κ3) is 4.65. The molecule has 0 aliphatic carbocycles. The van der Waals surface area contributed by atoms with Gasteiger partial charge in [-0.05, 0) is 31.2 Å². The van der Waals surface area contributed by atoms with Gasteiger partial charge in [0.2, 0.25) is 5.95 Å². The smallest absolute Gasteiger partial charge is 0.229 e. The molecule has 0 fully saturated rings. The second-order valence-electron chi connectivity index (χ2n) is 6.58. The van der Waals surface area contributed by atoms with Crippen LogP contribution < -0.4 is 10.6 Å². The van der Waals surface area contributed by atoms with Crippen LogP contribution in [-0.2, 0) is 0 Å². The average molecular weight is 380 g/mol. The van der Waals surface area contributed by atoms with Gasteiger partial charge in [-0.2, -0.15) is 4.98 Å². The monoisotopic (exact) mass is 380 g/mol. The molecule has 0 aliphatic rings. The molecule has 29 heavy (non-hydrogen) atoms. The summed E-state index contributed by atoms with van der Waals surface area (Å²) in [5.41, 5.74) is 4.12. The van der Waals surface area contributed by atoms with Crippen LogP contribution in [0.2, 0.25) is 0 Å². The number of rotatable bonds is 6. The number of carbonyl (C=O) groups excluding carboxylic acids is 1. The van der Waals surface area contributed by atoms with Crippen molar-refractivity contribution in [1.29, 1.82) is 0 Å². The quantitative estimate of drug-likeness (QED) is 0.412. The Morgan fingerprint density at radius 2 is 1.41 bits per heavy atom. The van der Waals surface area contributed by atoms with Crippen LogP contribution in [0.15, 0.2) is 91.0 Å². The van der Waals surface area contributed by atoms with Gasteiger partial charge < -0.3 is 10.6 Å². The fraction of sp³-hybridized carbons (Fsp3) is 0.0417. The van der Waals surface area contributed by atoms with Gasteiger partial charge in [-0.1, -0.05) is 60.7 Å². The largest absolute Gasteiger partial charge is 0.340 e. The summed E-state index contributed by atoms with van der Waals surface area (Å²) >= 11 is 0. The maximum Gasteiger partial charge on any atom is 0.229 e. The fourth-order valence-corrected chi connectivity index (χ4v) is 2.94. The first kappa shape index (κ1) is 18.4. The van der Waals surface area contributed by atoms with Crippen LogP contribution in [0, 0.1) is 0 Å². The molecule has 5 heteroatoms. The van der Waals surface area contributed by atoms with Crippen molar-refractivity contribution >= 4 is 28.9 Å². The highest BCUT2D eigenvalue weighted by Gasteiger charge is 2.09. The Morgan fingerprint density at radius 1 is 0.724 bits per heavy atom. The summed E-state index contributed by atoms with van der Waals surface area (Å²) < 4.78 is 0. The van der Waals surface area contributed by atoms with Crippen LogP contribution >= 0.6 is 0 Å². The molecule has 4 aromatic rings. The van der Waals surface area contributed by atoms with Gasteiger partial charge in [-0.15, -0.1) is 0 Å². The first-order chi connectivity index (χ1) is 14.2. The Kier molecular flexibility index (Phi) is 5.29. The van der Waals surface area contributed by atoms with E-state index >= 15 is 0 Å². The maximum atomic E-state index is 11.7. The van der Waals surface area contributed by atoms with E-state index in [1.54, 1.807) is 19.1 Å². The molecule has 1 aromatic heterocycles. The third-order valence-electron chi connectivity index (χ3n) is 4.37. The zero-order valence-electron chi connectivity index (χ0n) is 16.0. The normalized spacial score (nSPS) is 10.4. The molecule has 1 heterocycles. The van der Waals surface area contributed by atoms with Gasteiger partial charge in [0.25, 0.3) is 0 Å². The van der Waals surface area contributed by atoms with Gasteiger partial charge in [0.05, 0.1) is 5.69 Å². The van der Waals surface area contributed by atoms with Gasteiger partial charge in [-0.25, -0.2) is 4.98 Å². The predicted octanol–water partition coefficient (Wildman–Crippen LogP) is 5.83. The molecular formula is C24H20N4O. The number of benzene rings is 3. The van der Waals surface area contributed by atoms with Crippen LogP contribution in [0.4, 0.5) is 23.1 Å². The minimum Gasteiger partial charge on any atom is -0.340 e. The molecule has 3 aromatic carbocycles. The summed E-state index contributed by atoms with van der Waals surface area (Å²) in [7, 11) is 0. The van der Waals surface area contributed by atoms with E-state index in [2.05, 4.69) is 20.6 Å². The van der Waals surface area contributed by atoms with Gasteiger partial charge >= 0.3 is 0 Å². The number of nitrogens with zero attached hydrogens (tertiary/aromatic N) is 2. The predicted molar refractivity (Wildman–Crippen MR) is 117 cm³/mol. The molecule has 4 rings (SSSR count). The number of aromatic nitrogens is 2. The third-order valence-corrected chi connectivity index (χ3v) is 4.37. The number of para-hydroxylation sites is 1. The molecule has 2 N–H and O–H groups in total. The lowest BCUT2D eigenvalue weighted by molar-refractivity contribution is 0.101. The summed E-state index contributed by atoms with van der Waals surface area (Å²) in [4.78, 5) is 21.0. The van der Waals surface area contributed by atoms with E-state index in [1.165, 1.54) is 0 Å². The fourth-order valence-electron chi connectivity index (χ4n) is 2.94. The minimum atomic E-state index is 0.0130. The average Bonchev–Trinajstić information content (AvgIpc) is 2.75. The lowest BCUT2D eigenvalue weighted by Gasteiger charge is -2.12. The first-order valence-corrected chi connectivity index (χ1v) is 9.32. The first-order valence-electron chi connectivity index (χ1n) is 9.32. The minimum absolute atomic E-state index is 0.0130. The van der Waals surface area contributed by atoms with Crippen molar-refractivity contribution in [2.75, 3.05) is 10.6 Å². The van der Waals surface area contributed by atoms with Gasteiger partial charge in [0.1, 0.15) is 5.82 Å². The van der Waals surface area contributed by atoms with Crippen LogP contribution in [0.5, 0.6) is 0 Å². The number of hydrogen-bond donors (Lipinski definition) is 2. The molecule has 0 aliphatic heterocycles. The van der Waals surface area contributed by atoms with E-state index < -0.39 is 0 Å². The summed E-state index contributed by atoms with van der Waals surface area (Å²) in [6.07, 6.45) is 0. The molecule has 0 amide bonds. The standard InChI is InChI=1S/C24H20N4O/c1-17(29)19-11-8-14-21(15-19)26-24-27-22(18-9-4-2-5-10-18)16-23(28-24)25-20-12-6-3-7-13-20/h2-16H,1H3,(H2,25,26,27,28). The number of ketones is 1. The highest BCUT2D eigenvalue weighted by Crippen LogP contribution is 2.25. The van der Waals surface area contributed by atoms with E-state index in [0.717, 1.165) is 22.6 Å². The van der Waals surface area contributed by atoms with Crippen molar-refractivity contribution < 1.29 is 4.79 Å². The van der Waals surface area contributed by atoms with Crippen LogP contribution in [0.1, 0.15) is 17.3 Å². The van der Waals surface area contributed by atoms with Crippen LogP contribution in [0.25, 0.3) is 11.3 Å². The molecule has 0 saturated carbocycles. The Morgan fingerprint density at radius 3 is 2.14 bits per heavy atom. The SMILES string of the molecule is CC(=O)c1cccc(Nc2nc(Nc3ccccc3)cc(-c3ccccc3)n2)c1. The molecule has 0 spiro atoms. The molecule has 0 radical (unpaired) electrons. The topological polar surface area (TPSA) is 66.9 Å². The molecule has 0 bridgehead atoms. The van der Waals surface area contributed by atoms with Crippen molar-refractivity contribution in [3.05, 3.63) is 96.6 Å². The Labute approximate surface area is 169 Å². The van der Waals surface area contributed by atoms with E-state index in [9.17, 15) is 4.79 Å². The molecule has 5 nitrogen and oxygen atoms in total. The Bertz CT molecular complexity index is 1130. The number of hydrogen-bond acceptors (Lipinski definition) is 5. The lowest BCUT2D eigenvalue weighted by Crippen LogP contribution is -2.03. The van der Waals surface area contributed by atoms with Crippen LogP contribution in [0.3, 0.4) is 0 Å². The van der Waals surface area contributed by atoms with E-state index in [1.807, 2.05) is 78.9 Å². The van der Waals surface area contributed by atoms with Crippen molar-refractivity contribution in [2.24, 2.45) is 0 Å². The van der Waals surface area contributed by atoms with E-state index in [0.29, 0.717) is 17.3 Å². The highest BCUT2D eigenvalue weighted by molar-refractivity contribution is 5.95. The molecule has 142 valence electrons. The van der Waals surface area contributed by atoms with Crippen molar-refractivity contribution in [2.45, 2.75) is 6.92 Å². The highest BCUT2D eigenvalue weighted by atomic mass is 16.1. The lowest BCUT2D eigenvalue weighted by atomic mass is 10.1. The summed E-state index contributed by atoms with van der Waals surface area (Å²) in [6, 6.07) is 29.0. The van der Waals surface area contributed by atoms with Gasteiger partial charge in [0.15, 0.2) is 5.78 Å². The summed E-state index contributed by atoms with van der Waals surface area (Å²) in [5, 5.41) is 6.55. The molecular weight excluding hydrogens is 360 g/mol. The second-order valence-corrected chi connectivity index (χ2v) is 6.58. The molecule has 0 unspecified atom stereocenters. The Hall–Kier alpha value is -3.99. The summed E-state index contributed by atoms with van der Waals surface area (Å²) in [5.74, 6) is 1.14. The molecule has 0 atom stereocenters. The number of nitrogens with one attached hydrogen (secondary N) is 2. The summed E-state index contributed by atoms with van der Waals surface area (Å²) in [6.45, 7) is 1.55. The molecule has 0 saturated heterocycles. The number of anilines is 4. The maximum absolute atomic E-state index is 11.7.